The highest BCUT2D eigenvalue weighted by molar-refractivity contribution is 5.90. The predicted octanol–water partition coefficient (Wildman–Crippen LogP) is 4.31. The van der Waals surface area contributed by atoms with E-state index < -0.39 is 28.9 Å². The molecule has 2 aromatic rings. The summed E-state index contributed by atoms with van der Waals surface area (Å²) in [6.45, 7) is 5.63. The summed E-state index contributed by atoms with van der Waals surface area (Å²) in [5.41, 5.74) is 3.49. The molecule has 2 amide bonds. The topological polar surface area (TPSA) is 105 Å². The number of hydrogen-bond donors (Lipinski definition) is 3. The highest BCUT2D eigenvalue weighted by Crippen LogP contribution is 2.63. The van der Waals surface area contributed by atoms with Gasteiger partial charge < -0.3 is 20.5 Å². The second kappa shape index (κ2) is 8.40. The van der Waals surface area contributed by atoms with Crippen molar-refractivity contribution < 1.29 is 24.2 Å². The fourth-order valence-electron chi connectivity index (χ4n) is 6.02. The molecule has 4 atom stereocenters. The lowest BCUT2D eigenvalue weighted by Gasteiger charge is -2.29. The maximum atomic E-state index is 13.0. The first-order chi connectivity index (χ1) is 16.6. The molecule has 7 heteroatoms. The van der Waals surface area contributed by atoms with Gasteiger partial charge in [0.15, 0.2) is 0 Å². The van der Waals surface area contributed by atoms with Gasteiger partial charge in [0.2, 0.25) is 5.91 Å². The molecular weight excluding hydrogens is 444 g/mol. The normalized spacial score (nSPS) is 25.1. The molecule has 7 nitrogen and oxygen atoms in total. The van der Waals surface area contributed by atoms with Gasteiger partial charge in [-0.3, -0.25) is 4.79 Å². The number of rotatable bonds is 6. The molecule has 2 fully saturated rings. The fourth-order valence-corrected chi connectivity index (χ4v) is 6.02. The maximum Gasteiger partial charge on any atom is 0.407 e. The first-order valence-corrected chi connectivity index (χ1v) is 12.3. The Hall–Kier alpha value is -3.35. The molecular formula is C28H32N2O5. The standard InChI is InChI=1S/C28H32N2O5/c1-27(2,3)23(24(31)32)30-25(33)28-13-16(28)12-17(14-28)29-26(34)35-15-22-20-10-6-4-8-18(20)19-9-5-7-11-21(19)22/h4-11,16-17,22-23H,12-15H2,1-3H3,(H,29,34)(H,30,33)(H,31,32)/t16-,17+,23?,28+/m1/s1. The van der Waals surface area contributed by atoms with Crippen molar-refractivity contribution in [3.63, 3.8) is 0 Å². The Bertz CT molecular complexity index is 1140. The summed E-state index contributed by atoms with van der Waals surface area (Å²) in [7, 11) is 0. The summed E-state index contributed by atoms with van der Waals surface area (Å²) in [6.07, 6.45) is 1.46. The first-order valence-electron chi connectivity index (χ1n) is 12.3. The number of amides is 2. The van der Waals surface area contributed by atoms with E-state index >= 15 is 0 Å². The van der Waals surface area contributed by atoms with Gasteiger partial charge in [0, 0.05) is 12.0 Å². The number of ether oxygens (including phenoxy) is 1. The Morgan fingerprint density at radius 2 is 1.63 bits per heavy atom. The van der Waals surface area contributed by atoms with Crippen LogP contribution < -0.4 is 10.6 Å². The van der Waals surface area contributed by atoms with Gasteiger partial charge in [0.05, 0.1) is 5.41 Å². The van der Waals surface area contributed by atoms with Crippen LogP contribution in [0.5, 0.6) is 0 Å². The molecule has 2 aromatic carbocycles. The van der Waals surface area contributed by atoms with Crippen LogP contribution in [0.2, 0.25) is 0 Å². The Balaban J connectivity index is 1.18. The van der Waals surface area contributed by atoms with Crippen molar-refractivity contribution in [2.75, 3.05) is 6.61 Å². The highest BCUT2D eigenvalue weighted by atomic mass is 16.5. The quantitative estimate of drug-likeness (QED) is 0.576. The number of fused-ring (bicyclic) bond motifs is 4. The molecule has 35 heavy (non-hydrogen) atoms. The second-order valence-electron chi connectivity index (χ2n) is 11.3. The van der Waals surface area contributed by atoms with Gasteiger partial charge >= 0.3 is 12.1 Å². The van der Waals surface area contributed by atoms with Crippen LogP contribution in [0.25, 0.3) is 11.1 Å². The zero-order chi connectivity index (χ0) is 25.0. The summed E-state index contributed by atoms with van der Waals surface area (Å²) in [5, 5.41) is 15.2. The number of carboxylic acids is 1. The molecule has 0 bridgehead atoms. The van der Waals surface area contributed by atoms with Crippen LogP contribution in [-0.4, -0.2) is 41.8 Å². The summed E-state index contributed by atoms with van der Waals surface area (Å²) in [5.74, 6) is -1.10. The summed E-state index contributed by atoms with van der Waals surface area (Å²) < 4.78 is 5.66. The van der Waals surface area contributed by atoms with Crippen molar-refractivity contribution in [3.8, 4) is 11.1 Å². The SMILES string of the molecule is CC(C)(C)C(NC(=O)[C@@]12C[C@@H](NC(=O)OCC3c4ccccc4-c4ccccc43)C[C@@H]1C2)C(=O)O. The Morgan fingerprint density at radius 1 is 1.03 bits per heavy atom. The van der Waals surface area contributed by atoms with Crippen LogP contribution in [0.15, 0.2) is 48.5 Å². The number of carboxylic acid groups (broad SMARTS) is 1. The van der Waals surface area contributed by atoms with Crippen molar-refractivity contribution in [2.45, 2.75) is 58.0 Å². The molecule has 184 valence electrons. The van der Waals surface area contributed by atoms with Crippen molar-refractivity contribution in [1.29, 1.82) is 0 Å². The van der Waals surface area contributed by atoms with Gasteiger partial charge in [-0.1, -0.05) is 69.3 Å². The average Bonchev–Trinajstić information content (AvgIpc) is 3.23. The van der Waals surface area contributed by atoms with Crippen molar-refractivity contribution >= 4 is 18.0 Å². The van der Waals surface area contributed by atoms with Gasteiger partial charge in [-0.05, 0) is 52.8 Å². The third kappa shape index (κ3) is 4.17. The molecule has 0 aliphatic heterocycles. The number of aliphatic carboxylic acids is 1. The minimum atomic E-state index is -1.04. The molecule has 0 saturated heterocycles. The van der Waals surface area contributed by atoms with E-state index in [0.717, 1.165) is 17.5 Å². The zero-order valence-corrected chi connectivity index (χ0v) is 20.3. The number of alkyl carbamates (subject to hydrolysis) is 1. The van der Waals surface area contributed by atoms with Crippen LogP contribution >= 0.6 is 0 Å². The third-order valence-electron chi connectivity index (χ3n) is 7.92. The van der Waals surface area contributed by atoms with Crippen LogP contribution in [0, 0.1) is 16.7 Å². The molecule has 1 unspecified atom stereocenters. The van der Waals surface area contributed by atoms with E-state index in [0.29, 0.717) is 12.8 Å². The van der Waals surface area contributed by atoms with E-state index in [4.69, 9.17) is 4.74 Å². The molecule has 3 aliphatic carbocycles. The van der Waals surface area contributed by atoms with Gasteiger partial charge in [0.25, 0.3) is 0 Å². The number of hydrogen-bond acceptors (Lipinski definition) is 4. The van der Waals surface area contributed by atoms with Crippen molar-refractivity contribution in [1.82, 2.24) is 10.6 Å². The summed E-state index contributed by atoms with van der Waals surface area (Å²) >= 11 is 0. The van der Waals surface area contributed by atoms with E-state index in [9.17, 15) is 19.5 Å². The average molecular weight is 477 g/mol. The minimum absolute atomic E-state index is 0.00685. The maximum absolute atomic E-state index is 13.0. The smallest absolute Gasteiger partial charge is 0.407 e. The molecule has 5 rings (SSSR count). The Kier molecular flexibility index (Phi) is 5.61. The molecule has 0 spiro atoms. The highest BCUT2D eigenvalue weighted by Gasteiger charge is 2.65. The molecule has 3 N–H and O–H groups in total. The number of nitrogens with one attached hydrogen (secondary N) is 2. The van der Waals surface area contributed by atoms with E-state index in [1.54, 1.807) is 20.8 Å². The Morgan fingerprint density at radius 3 is 2.20 bits per heavy atom. The van der Waals surface area contributed by atoms with Crippen LogP contribution in [0.3, 0.4) is 0 Å². The van der Waals surface area contributed by atoms with E-state index in [-0.39, 0.29) is 30.4 Å². The summed E-state index contributed by atoms with van der Waals surface area (Å²) in [6, 6.07) is 15.3. The number of carbonyl (C=O) groups is 3. The van der Waals surface area contributed by atoms with Crippen molar-refractivity contribution in [2.24, 2.45) is 16.7 Å². The zero-order valence-electron chi connectivity index (χ0n) is 20.3. The second-order valence-corrected chi connectivity index (χ2v) is 11.3. The van der Waals surface area contributed by atoms with Crippen LogP contribution in [-0.2, 0) is 14.3 Å². The molecule has 2 saturated carbocycles. The lowest BCUT2D eigenvalue weighted by Crippen LogP contribution is -2.51. The van der Waals surface area contributed by atoms with Crippen LogP contribution in [0.4, 0.5) is 4.79 Å². The number of carbonyl (C=O) groups excluding carboxylic acids is 2. The van der Waals surface area contributed by atoms with E-state index in [2.05, 4.69) is 34.9 Å². The van der Waals surface area contributed by atoms with E-state index in [1.807, 2.05) is 24.3 Å². The number of benzene rings is 2. The third-order valence-corrected chi connectivity index (χ3v) is 7.92. The van der Waals surface area contributed by atoms with Crippen LogP contribution in [0.1, 0.15) is 57.1 Å². The van der Waals surface area contributed by atoms with E-state index in [1.165, 1.54) is 11.1 Å². The van der Waals surface area contributed by atoms with Gasteiger partial charge in [0.1, 0.15) is 12.6 Å². The molecule has 0 aromatic heterocycles. The monoisotopic (exact) mass is 476 g/mol. The summed E-state index contributed by atoms with van der Waals surface area (Å²) in [4.78, 5) is 37.3. The lowest BCUT2D eigenvalue weighted by molar-refractivity contribution is -0.146. The minimum Gasteiger partial charge on any atom is -0.480 e. The van der Waals surface area contributed by atoms with Gasteiger partial charge in [-0.25, -0.2) is 9.59 Å². The van der Waals surface area contributed by atoms with Crippen molar-refractivity contribution in [3.05, 3.63) is 59.7 Å². The Labute approximate surface area is 205 Å². The largest absolute Gasteiger partial charge is 0.480 e. The fraction of sp³-hybridized carbons (Fsp3) is 0.464. The van der Waals surface area contributed by atoms with Gasteiger partial charge in [-0.2, -0.15) is 0 Å². The predicted molar refractivity (Wildman–Crippen MR) is 131 cm³/mol. The molecule has 0 heterocycles. The lowest BCUT2D eigenvalue weighted by atomic mass is 9.86. The first kappa shape index (κ1) is 23.4. The molecule has 0 radical (unpaired) electrons. The van der Waals surface area contributed by atoms with Gasteiger partial charge in [-0.15, -0.1) is 0 Å². The molecule has 3 aliphatic rings.